The van der Waals surface area contributed by atoms with Crippen molar-refractivity contribution in [1.29, 1.82) is 0 Å². The van der Waals surface area contributed by atoms with Crippen LogP contribution in [0.4, 0.5) is 0 Å². The summed E-state index contributed by atoms with van der Waals surface area (Å²) in [5.74, 6) is 0. The summed E-state index contributed by atoms with van der Waals surface area (Å²) in [4.78, 5) is 9.09. The molecule has 17 heavy (non-hydrogen) atoms. The molecule has 0 bridgehead atoms. The van der Waals surface area contributed by atoms with Gasteiger partial charge in [0.2, 0.25) is 0 Å². The van der Waals surface area contributed by atoms with Crippen molar-refractivity contribution in [2.75, 3.05) is 7.05 Å². The van der Waals surface area contributed by atoms with Crippen LogP contribution in [0.3, 0.4) is 0 Å². The van der Waals surface area contributed by atoms with Gasteiger partial charge in [-0.3, -0.25) is 0 Å². The maximum atomic E-state index is 4.73. The zero-order valence-corrected chi connectivity index (χ0v) is 12.2. The summed E-state index contributed by atoms with van der Waals surface area (Å²) in [5.41, 5.74) is 1.25. The molecule has 5 heteroatoms. The van der Waals surface area contributed by atoms with E-state index >= 15 is 0 Å². The normalized spacial score (nSPS) is 13.9. The third-order valence-electron chi connectivity index (χ3n) is 2.52. The average Bonchev–Trinajstić information content (AvgIpc) is 2.87. The van der Waals surface area contributed by atoms with Crippen LogP contribution in [0.5, 0.6) is 0 Å². The zero-order valence-electron chi connectivity index (χ0n) is 10.5. The van der Waals surface area contributed by atoms with E-state index < -0.39 is 0 Å². The first-order valence-corrected chi connectivity index (χ1v) is 7.31. The lowest BCUT2D eigenvalue weighted by Gasteiger charge is -2.15. The fourth-order valence-corrected chi connectivity index (χ4v) is 3.47. The quantitative estimate of drug-likeness (QED) is 0.928. The molecule has 2 rings (SSSR count). The van der Waals surface area contributed by atoms with E-state index in [1.54, 1.807) is 22.7 Å². The van der Waals surface area contributed by atoms with Crippen molar-refractivity contribution in [2.24, 2.45) is 0 Å². The Morgan fingerprint density at radius 1 is 1.24 bits per heavy atom. The van der Waals surface area contributed by atoms with Gasteiger partial charge >= 0.3 is 0 Å². The molecule has 3 nitrogen and oxygen atoms in total. The Labute approximate surface area is 110 Å². The molecule has 0 spiro atoms. The number of nitrogens with zero attached hydrogens (tertiary/aromatic N) is 2. The Bertz CT molecular complexity index is 468. The second kappa shape index (κ2) is 4.84. The molecule has 1 atom stereocenters. The molecule has 0 radical (unpaired) electrons. The maximum Gasteiger partial charge on any atom is 0.117 e. The van der Waals surface area contributed by atoms with Gasteiger partial charge in [0, 0.05) is 22.4 Å². The highest BCUT2D eigenvalue weighted by Gasteiger charge is 2.22. The van der Waals surface area contributed by atoms with Crippen LogP contribution in [0.15, 0.2) is 17.0 Å². The Balaban J connectivity index is 2.30. The predicted octanol–water partition coefficient (Wildman–Crippen LogP) is 3.21. The van der Waals surface area contributed by atoms with Gasteiger partial charge in [-0.25, -0.2) is 9.97 Å². The molecule has 0 saturated carbocycles. The second-order valence-corrected chi connectivity index (χ2v) is 6.73. The maximum absolute atomic E-state index is 4.73. The van der Waals surface area contributed by atoms with Crippen LogP contribution in [0, 0.1) is 0 Å². The summed E-state index contributed by atoms with van der Waals surface area (Å²) in [5, 5.41) is 9.59. The monoisotopic (exact) mass is 267 g/mol. The van der Waals surface area contributed by atoms with Gasteiger partial charge < -0.3 is 5.32 Å². The number of nitrogens with one attached hydrogen (secondary N) is 1. The topological polar surface area (TPSA) is 37.8 Å². The third kappa shape index (κ3) is 2.73. The van der Waals surface area contributed by atoms with Crippen molar-refractivity contribution in [3.8, 4) is 0 Å². The standard InChI is InChI=1S/C12H17N3S2/c1-12(2,3)8-7-17-11(15-8)9(13-4)10-14-5-6-16-10/h5-7,9,13H,1-4H3. The van der Waals surface area contributed by atoms with Gasteiger partial charge in [-0.2, -0.15) is 0 Å². The molecule has 0 fully saturated rings. The molecule has 2 aromatic heterocycles. The first kappa shape index (κ1) is 12.7. The van der Waals surface area contributed by atoms with E-state index in [0.717, 1.165) is 15.7 Å². The van der Waals surface area contributed by atoms with Gasteiger partial charge in [0.25, 0.3) is 0 Å². The molecule has 0 amide bonds. The molecule has 92 valence electrons. The van der Waals surface area contributed by atoms with Crippen LogP contribution in [-0.2, 0) is 5.41 Å². The molecule has 0 aliphatic rings. The average molecular weight is 267 g/mol. The summed E-state index contributed by atoms with van der Waals surface area (Å²) in [6.45, 7) is 6.55. The van der Waals surface area contributed by atoms with E-state index in [-0.39, 0.29) is 11.5 Å². The third-order valence-corrected chi connectivity index (χ3v) is 4.27. The Hall–Kier alpha value is -0.780. The molecule has 0 aliphatic carbocycles. The van der Waals surface area contributed by atoms with Crippen LogP contribution in [0.2, 0.25) is 0 Å². The van der Waals surface area contributed by atoms with Gasteiger partial charge in [-0.15, -0.1) is 22.7 Å². The molecule has 0 aromatic carbocycles. The molecule has 0 aliphatic heterocycles. The molecule has 0 saturated heterocycles. The summed E-state index contributed by atoms with van der Waals surface area (Å²) >= 11 is 3.36. The van der Waals surface area contributed by atoms with Crippen LogP contribution >= 0.6 is 22.7 Å². The first-order chi connectivity index (χ1) is 8.02. The van der Waals surface area contributed by atoms with Gasteiger partial charge in [-0.1, -0.05) is 20.8 Å². The van der Waals surface area contributed by atoms with Gasteiger partial charge in [0.15, 0.2) is 0 Å². The Kier molecular flexibility index (Phi) is 3.61. The lowest BCUT2D eigenvalue weighted by atomic mass is 9.93. The van der Waals surface area contributed by atoms with E-state index in [2.05, 4.69) is 36.5 Å². The number of rotatable bonds is 3. The highest BCUT2D eigenvalue weighted by Crippen LogP contribution is 2.30. The molecule has 2 aromatic rings. The Morgan fingerprint density at radius 3 is 2.47 bits per heavy atom. The SMILES string of the molecule is CNC(c1nccs1)c1nc(C(C)(C)C)cs1. The second-order valence-electron chi connectivity index (χ2n) is 4.91. The largest absolute Gasteiger partial charge is 0.305 e. The zero-order chi connectivity index (χ0) is 12.5. The minimum absolute atomic E-state index is 0.107. The fraction of sp³-hybridized carbons (Fsp3) is 0.500. The van der Waals surface area contributed by atoms with E-state index in [1.165, 1.54) is 0 Å². The molecule has 2 heterocycles. The van der Waals surface area contributed by atoms with Crippen molar-refractivity contribution < 1.29 is 0 Å². The Morgan fingerprint density at radius 2 is 2.00 bits per heavy atom. The van der Waals surface area contributed by atoms with Crippen molar-refractivity contribution >= 4 is 22.7 Å². The van der Waals surface area contributed by atoms with Crippen molar-refractivity contribution in [2.45, 2.75) is 32.2 Å². The molecule has 1 unspecified atom stereocenters. The van der Waals surface area contributed by atoms with E-state index in [1.807, 2.05) is 18.6 Å². The molecular weight excluding hydrogens is 250 g/mol. The first-order valence-electron chi connectivity index (χ1n) is 5.55. The lowest BCUT2D eigenvalue weighted by molar-refractivity contribution is 0.566. The summed E-state index contributed by atoms with van der Waals surface area (Å²) in [6.07, 6.45) is 1.84. The lowest BCUT2D eigenvalue weighted by Crippen LogP contribution is -2.18. The van der Waals surface area contributed by atoms with E-state index in [0.29, 0.717) is 0 Å². The molecule has 1 N–H and O–H groups in total. The minimum atomic E-state index is 0.107. The summed E-state index contributed by atoms with van der Waals surface area (Å²) in [6, 6.07) is 0.121. The predicted molar refractivity (Wildman–Crippen MR) is 73.8 cm³/mol. The number of hydrogen-bond donors (Lipinski definition) is 1. The van der Waals surface area contributed by atoms with Gasteiger partial charge in [0.1, 0.15) is 16.1 Å². The van der Waals surface area contributed by atoms with Gasteiger partial charge in [-0.05, 0) is 7.05 Å². The minimum Gasteiger partial charge on any atom is -0.305 e. The van der Waals surface area contributed by atoms with E-state index in [4.69, 9.17) is 4.98 Å². The van der Waals surface area contributed by atoms with Gasteiger partial charge in [0.05, 0.1) is 5.69 Å². The van der Waals surface area contributed by atoms with Crippen molar-refractivity contribution in [1.82, 2.24) is 15.3 Å². The van der Waals surface area contributed by atoms with Crippen LogP contribution < -0.4 is 5.32 Å². The van der Waals surface area contributed by atoms with Crippen LogP contribution in [0.25, 0.3) is 0 Å². The van der Waals surface area contributed by atoms with Crippen molar-refractivity contribution in [3.63, 3.8) is 0 Å². The van der Waals surface area contributed by atoms with Crippen LogP contribution in [-0.4, -0.2) is 17.0 Å². The summed E-state index contributed by atoms with van der Waals surface area (Å²) in [7, 11) is 1.95. The summed E-state index contributed by atoms with van der Waals surface area (Å²) < 4.78 is 0. The number of aromatic nitrogens is 2. The fourth-order valence-electron chi connectivity index (χ4n) is 1.49. The van der Waals surface area contributed by atoms with Crippen LogP contribution in [0.1, 0.15) is 42.5 Å². The van der Waals surface area contributed by atoms with E-state index in [9.17, 15) is 0 Å². The van der Waals surface area contributed by atoms with Crippen molar-refractivity contribution in [3.05, 3.63) is 32.7 Å². The highest BCUT2D eigenvalue weighted by molar-refractivity contribution is 7.11. The molecular formula is C12H17N3S2. The number of hydrogen-bond acceptors (Lipinski definition) is 5. The highest BCUT2D eigenvalue weighted by atomic mass is 32.1. The smallest absolute Gasteiger partial charge is 0.117 e. The number of thiazole rings is 2.